The molecule has 2 aromatic rings. The van der Waals surface area contributed by atoms with Crippen molar-refractivity contribution in [2.24, 2.45) is 11.7 Å². The summed E-state index contributed by atoms with van der Waals surface area (Å²) in [4.78, 5) is 2.41. The summed E-state index contributed by atoms with van der Waals surface area (Å²) in [7, 11) is 2.20. The average Bonchev–Trinajstić information content (AvgIpc) is 2.63. The highest BCUT2D eigenvalue weighted by atomic mass is 16.5. The minimum absolute atomic E-state index is 0.430. The highest BCUT2D eigenvalue weighted by Crippen LogP contribution is 2.33. The predicted molar refractivity (Wildman–Crippen MR) is 99.2 cm³/mol. The van der Waals surface area contributed by atoms with Crippen molar-refractivity contribution >= 4 is 0 Å². The molecule has 1 saturated heterocycles. The Morgan fingerprint density at radius 3 is 2.54 bits per heavy atom. The number of nitrogens with zero attached hydrogens (tertiary/aromatic N) is 1. The molecule has 0 aromatic heterocycles. The van der Waals surface area contributed by atoms with Crippen molar-refractivity contribution in [3.05, 3.63) is 65.7 Å². The van der Waals surface area contributed by atoms with Crippen LogP contribution in [0, 0.1) is 5.92 Å². The predicted octanol–water partition coefficient (Wildman–Crippen LogP) is 3.65. The number of hydrogen-bond acceptors (Lipinski definition) is 3. The maximum Gasteiger partial charge on any atom is 0.120 e. The van der Waals surface area contributed by atoms with Crippen molar-refractivity contribution in [2.45, 2.75) is 25.4 Å². The maximum absolute atomic E-state index is 6.13. The van der Waals surface area contributed by atoms with Gasteiger partial charge in [0.1, 0.15) is 12.4 Å². The normalized spacial score (nSPS) is 17.6. The quantitative estimate of drug-likeness (QED) is 0.881. The van der Waals surface area contributed by atoms with Gasteiger partial charge in [0.25, 0.3) is 0 Å². The molecule has 1 fully saturated rings. The molecule has 0 radical (unpaired) electrons. The molecule has 1 heterocycles. The molecule has 1 atom stereocenters. The highest BCUT2D eigenvalue weighted by Gasteiger charge is 2.25. The van der Waals surface area contributed by atoms with Gasteiger partial charge < -0.3 is 15.4 Å². The Kier molecular flexibility index (Phi) is 5.89. The first kappa shape index (κ1) is 17.0. The number of likely N-dealkylation sites (tertiary alicyclic amines) is 1. The summed E-state index contributed by atoms with van der Waals surface area (Å²) in [5.74, 6) is 2.04. The molecule has 128 valence electrons. The summed E-state index contributed by atoms with van der Waals surface area (Å²) >= 11 is 0. The van der Waals surface area contributed by atoms with E-state index in [2.05, 4.69) is 42.3 Å². The van der Waals surface area contributed by atoms with Gasteiger partial charge in [0.05, 0.1) is 0 Å². The molecule has 0 saturated carbocycles. The molecule has 0 amide bonds. The van der Waals surface area contributed by atoms with Gasteiger partial charge in [-0.05, 0) is 74.6 Å². The second kappa shape index (κ2) is 8.32. The molecule has 0 bridgehead atoms. The van der Waals surface area contributed by atoms with Gasteiger partial charge in [-0.3, -0.25) is 0 Å². The van der Waals surface area contributed by atoms with E-state index in [1.54, 1.807) is 0 Å². The molecule has 3 rings (SSSR count). The van der Waals surface area contributed by atoms with Crippen LogP contribution in [-0.2, 0) is 6.61 Å². The minimum Gasteiger partial charge on any atom is -0.489 e. The highest BCUT2D eigenvalue weighted by molar-refractivity contribution is 5.32. The van der Waals surface area contributed by atoms with Crippen molar-refractivity contribution in [1.29, 1.82) is 0 Å². The van der Waals surface area contributed by atoms with E-state index in [1.165, 1.54) is 37.1 Å². The largest absolute Gasteiger partial charge is 0.489 e. The smallest absolute Gasteiger partial charge is 0.120 e. The topological polar surface area (TPSA) is 38.5 Å². The van der Waals surface area contributed by atoms with Crippen molar-refractivity contribution in [2.75, 3.05) is 26.7 Å². The fraction of sp³-hybridized carbons (Fsp3) is 0.429. The van der Waals surface area contributed by atoms with Gasteiger partial charge >= 0.3 is 0 Å². The fourth-order valence-corrected chi connectivity index (χ4v) is 3.61. The van der Waals surface area contributed by atoms with Crippen LogP contribution in [0.15, 0.2) is 54.6 Å². The SMILES string of the molecule is CN1CCC(C(CN)c2cccc(OCc3ccccc3)c2)CC1. The monoisotopic (exact) mass is 324 g/mol. The van der Waals surface area contributed by atoms with Crippen molar-refractivity contribution in [1.82, 2.24) is 4.90 Å². The Morgan fingerprint density at radius 1 is 1.08 bits per heavy atom. The van der Waals surface area contributed by atoms with Gasteiger partial charge in [-0.15, -0.1) is 0 Å². The first-order valence-electron chi connectivity index (χ1n) is 8.91. The molecule has 1 aliphatic rings. The lowest BCUT2D eigenvalue weighted by molar-refractivity contribution is 0.199. The number of benzene rings is 2. The summed E-state index contributed by atoms with van der Waals surface area (Å²) in [6.45, 7) is 3.65. The zero-order chi connectivity index (χ0) is 16.8. The first-order valence-corrected chi connectivity index (χ1v) is 8.91. The van der Waals surface area contributed by atoms with Gasteiger partial charge in [-0.25, -0.2) is 0 Å². The van der Waals surface area contributed by atoms with Gasteiger partial charge in [0.15, 0.2) is 0 Å². The zero-order valence-corrected chi connectivity index (χ0v) is 14.5. The van der Waals surface area contributed by atoms with Crippen molar-refractivity contribution in [3.8, 4) is 5.75 Å². The van der Waals surface area contributed by atoms with Gasteiger partial charge in [-0.1, -0.05) is 42.5 Å². The number of ether oxygens (including phenoxy) is 1. The standard InChI is InChI=1S/C21H28N2O/c1-23-12-10-18(11-13-23)21(15-22)19-8-5-9-20(14-19)24-16-17-6-3-2-4-7-17/h2-9,14,18,21H,10-13,15-16,22H2,1H3. The van der Waals surface area contributed by atoms with Gasteiger partial charge in [0.2, 0.25) is 0 Å². The van der Waals surface area contributed by atoms with Gasteiger partial charge in [0, 0.05) is 0 Å². The van der Waals surface area contributed by atoms with Crippen LogP contribution in [0.3, 0.4) is 0 Å². The molecule has 2 aromatic carbocycles. The third kappa shape index (κ3) is 4.37. The van der Waals surface area contributed by atoms with E-state index in [1.807, 2.05) is 24.3 Å². The summed E-state index contributed by atoms with van der Waals surface area (Å²) in [6, 6.07) is 18.8. The van der Waals surface area contributed by atoms with Crippen LogP contribution >= 0.6 is 0 Å². The van der Waals surface area contributed by atoms with Crippen LogP contribution in [-0.4, -0.2) is 31.6 Å². The second-order valence-corrected chi connectivity index (χ2v) is 6.83. The van der Waals surface area contributed by atoms with Crippen molar-refractivity contribution in [3.63, 3.8) is 0 Å². The van der Waals surface area contributed by atoms with E-state index < -0.39 is 0 Å². The van der Waals surface area contributed by atoms with Crippen molar-refractivity contribution < 1.29 is 4.74 Å². The molecule has 3 heteroatoms. The van der Waals surface area contributed by atoms with Crippen LogP contribution in [0.2, 0.25) is 0 Å². The molecule has 24 heavy (non-hydrogen) atoms. The number of piperidine rings is 1. The number of nitrogens with two attached hydrogens (primary N) is 1. The third-order valence-electron chi connectivity index (χ3n) is 5.12. The Morgan fingerprint density at radius 2 is 1.83 bits per heavy atom. The lowest BCUT2D eigenvalue weighted by Gasteiger charge is -2.34. The Balaban J connectivity index is 1.66. The summed E-state index contributed by atoms with van der Waals surface area (Å²) < 4.78 is 5.98. The summed E-state index contributed by atoms with van der Waals surface area (Å²) in [5.41, 5.74) is 8.64. The number of rotatable bonds is 6. The first-order chi connectivity index (χ1) is 11.8. The molecular weight excluding hydrogens is 296 g/mol. The molecule has 3 nitrogen and oxygen atoms in total. The molecular formula is C21H28N2O. The molecule has 0 spiro atoms. The zero-order valence-electron chi connectivity index (χ0n) is 14.5. The summed E-state index contributed by atoms with van der Waals surface area (Å²) in [5, 5.41) is 0. The molecule has 0 aliphatic carbocycles. The Hall–Kier alpha value is -1.84. The van der Waals surface area contributed by atoms with E-state index in [0.717, 1.165) is 5.75 Å². The Labute approximate surface area is 145 Å². The molecule has 2 N–H and O–H groups in total. The van der Waals surface area contributed by atoms with E-state index in [0.29, 0.717) is 25.0 Å². The van der Waals surface area contributed by atoms with Crippen LogP contribution in [0.1, 0.15) is 29.9 Å². The lowest BCUT2D eigenvalue weighted by atomic mass is 9.80. The van der Waals surface area contributed by atoms with E-state index in [9.17, 15) is 0 Å². The van der Waals surface area contributed by atoms with Crippen LogP contribution in [0.4, 0.5) is 0 Å². The fourth-order valence-electron chi connectivity index (χ4n) is 3.61. The second-order valence-electron chi connectivity index (χ2n) is 6.83. The number of hydrogen-bond donors (Lipinski definition) is 1. The molecule has 1 aliphatic heterocycles. The maximum atomic E-state index is 6.13. The third-order valence-corrected chi connectivity index (χ3v) is 5.12. The van der Waals surface area contributed by atoms with Crippen LogP contribution in [0.25, 0.3) is 0 Å². The Bertz CT molecular complexity index is 621. The minimum atomic E-state index is 0.430. The lowest BCUT2D eigenvalue weighted by Crippen LogP contribution is -2.34. The van der Waals surface area contributed by atoms with E-state index in [4.69, 9.17) is 10.5 Å². The van der Waals surface area contributed by atoms with Crippen LogP contribution < -0.4 is 10.5 Å². The van der Waals surface area contributed by atoms with Crippen LogP contribution in [0.5, 0.6) is 5.75 Å². The molecule has 1 unspecified atom stereocenters. The van der Waals surface area contributed by atoms with Gasteiger partial charge in [-0.2, -0.15) is 0 Å². The van der Waals surface area contributed by atoms with E-state index in [-0.39, 0.29) is 0 Å². The summed E-state index contributed by atoms with van der Waals surface area (Å²) in [6.07, 6.45) is 2.46. The van der Waals surface area contributed by atoms with E-state index >= 15 is 0 Å². The average molecular weight is 324 g/mol.